The fourth-order valence-electron chi connectivity index (χ4n) is 1.43. The number of hydrogen-bond acceptors (Lipinski definition) is 2. The molecule has 0 fully saturated rings. The zero-order chi connectivity index (χ0) is 16.9. The number of hydrogen-bond donors (Lipinski definition) is 1. The summed E-state index contributed by atoms with van der Waals surface area (Å²) < 4.78 is 3.73. The molecular weight excluding hydrogens is 642 g/mol. The van der Waals surface area contributed by atoms with Gasteiger partial charge >= 0.3 is 5.97 Å². The number of carboxylic acids is 1. The fraction of sp³-hybridized carbons (Fsp3) is 0.0667. The second-order valence-corrected chi connectivity index (χ2v) is 8.50. The molecule has 0 aliphatic heterocycles. The van der Waals surface area contributed by atoms with Crippen molar-refractivity contribution in [3.63, 3.8) is 0 Å². The van der Waals surface area contributed by atoms with Crippen LogP contribution < -0.4 is 0 Å². The third kappa shape index (κ3) is 7.05. The van der Waals surface area contributed by atoms with Crippen molar-refractivity contribution in [1.29, 1.82) is 0 Å². The van der Waals surface area contributed by atoms with Crippen LogP contribution >= 0.6 is 77.0 Å². The van der Waals surface area contributed by atoms with Crippen LogP contribution in [0.1, 0.15) is 27.6 Å². The zero-order valence-corrected chi connectivity index (χ0v) is 18.7. The molecule has 2 rings (SSSR count). The molecule has 3 nitrogen and oxygen atoms in total. The number of carbonyl (C=O) groups excluding carboxylic acids is 1. The minimum atomic E-state index is -0.899. The van der Waals surface area contributed by atoms with E-state index in [-0.39, 0.29) is 5.78 Å². The van der Waals surface area contributed by atoms with E-state index in [1.54, 1.807) is 19.1 Å². The normalized spacial score (nSPS) is 9.68. The van der Waals surface area contributed by atoms with E-state index in [1.807, 2.05) is 24.3 Å². The molecule has 0 unspecified atom stereocenters. The monoisotopic (exact) mass is 650 g/mol. The Morgan fingerprint density at radius 1 is 0.864 bits per heavy atom. The van der Waals surface area contributed by atoms with Gasteiger partial charge in [-0.1, -0.05) is 31.9 Å². The van der Waals surface area contributed by atoms with Gasteiger partial charge < -0.3 is 5.11 Å². The minimum Gasteiger partial charge on any atom is -0.478 e. The predicted octanol–water partition coefficient (Wildman–Crippen LogP) is 6.01. The Hall–Kier alpha value is -0.000000000000000222. The lowest BCUT2D eigenvalue weighted by Gasteiger charge is -1.97. The van der Waals surface area contributed by atoms with Gasteiger partial charge in [0.05, 0.1) is 5.56 Å². The summed E-state index contributed by atoms with van der Waals surface area (Å²) in [6.07, 6.45) is 0. The molecule has 0 saturated carbocycles. The number of aromatic carboxylic acids is 1. The van der Waals surface area contributed by atoms with Crippen molar-refractivity contribution in [3.05, 3.63) is 63.6 Å². The molecule has 0 bridgehead atoms. The van der Waals surface area contributed by atoms with Gasteiger partial charge in [-0.3, -0.25) is 4.79 Å². The van der Waals surface area contributed by atoms with E-state index in [0.717, 1.165) is 21.6 Å². The van der Waals surface area contributed by atoms with Gasteiger partial charge in [0, 0.05) is 21.6 Å². The number of benzene rings is 2. The second-order valence-electron chi connectivity index (χ2n) is 4.18. The zero-order valence-electron chi connectivity index (χ0n) is 11.2. The summed E-state index contributed by atoms with van der Waals surface area (Å²) in [6.45, 7) is 1.57. The van der Waals surface area contributed by atoms with Crippen LogP contribution in [0.4, 0.5) is 0 Å². The van der Waals surface area contributed by atoms with Crippen molar-refractivity contribution >= 4 is 88.8 Å². The molecule has 0 saturated heterocycles. The van der Waals surface area contributed by atoms with E-state index in [2.05, 4.69) is 77.0 Å². The Morgan fingerprint density at radius 3 is 1.64 bits per heavy atom. The standard InChI is InChI=1S/C8H6BrIO.C7H4BrIO2/c1-5(11)6-2-7(9)4-8(10)3-6;8-5-1-4(7(10)11)2-6(9)3-5/h2-4H,1H3;1-3H,(H,10,11). The quantitative estimate of drug-likeness (QED) is 0.320. The fourth-order valence-corrected chi connectivity index (χ4v) is 4.62. The lowest BCUT2D eigenvalue weighted by atomic mass is 10.2. The van der Waals surface area contributed by atoms with Crippen LogP contribution in [0.25, 0.3) is 0 Å². The van der Waals surface area contributed by atoms with Gasteiger partial charge in [-0.2, -0.15) is 0 Å². The molecule has 22 heavy (non-hydrogen) atoms. The van der Waals surface area contributed by atoms with Crippen LogP contribution in [0, 0.1) is 7.14 Å². The molecule has 0 aliphatic carbocycles. The first-order valence-corrected chi connectivity index (χ1v) is 9.60. The molecule has 0 aromatic heterocycles. The average molecular weight is 652 g/mol. The lowest BCUT2D eigenvalue weighted by molar-refractivity contribution is 0.0696. The topological polar surface area (TPSA) is 54.4 Å². The maximum Gasteiger partial charge on any atom is 0.335 e. The predicted molar refractivity (Wildman–Crippen MR) is 111 cm³/mol. The van der Waals surface area contributed by atoms with Crippen molar-refractivity contribution in [2.24, 2.45) is 0 Å². The number of carboxylic acid groups (broad SMARTS) is 1. The van der Waals surface area contributed by atoms with Crippen molar-refractivity contribution in [2.45, 2.75) is 6.92 Å². The number of halogens is 4. The van der Waals surface area contributed by atoms with Gasteiger partial charge in [0.1, 0.15) is 0 Å². The van der Waals surface area contributed by atoms with Crippen LogP contribution in [0.2, 0.25) is 0 Å². The van der Waals surface area contributed by atoms with E-state index in [1.165, 1.54) is 0 Å². The summed E-state index contributed by atoms with van der Waals surface area (Å²) in [5.41, 5.74) is 1.06. The summed E-state index contributed by atoms with van der Waals surface area (Å²) in [5.74, 6) is -0.798. The van der Waals surface area contributed by atoms with Crippen molar-refractivity contribution in [3.8, 4) is 0 Å². The lowest BCUT2D eigenvalue weighted by Crippen LogP contribution is -1.96. The Balaban J connectivity index is 0.000000220. The molecule has 7 heteroatoms. The van der Waals surface area contributed by atoms with E-state index in [4.69, 9.17) is 5.11 Å². The third-order valence-corrected chi connectivity index (χ3v) is 4.54. The molecule has 0 radical (unpaired) electrons. The van der Waals surface area contributed by atoms with Crippen LogP contribution in [-0.2, 0) is 0 Å². The smallest absolute Gasteiger partial charge is 0.335 e. The maximum atomic E-state index is 10.9. The minimum absolute atomic E-state index is 0.101. The molecule has 0 heterocycles. The SMILES string of the molecule is CC(=O)c1cc(Br)cc(I)c1.O=C(O)c1cc(Br)cc(I)c1. The van der Waals surface area contributed by atoms with E-state index in [0.29, 0.717) is 5.56 Å². The summed E-state index contributed by atoms with van der Waals surface area (Å²) in [5, 5.41) is 8.61. The number of carbonyl (C=O) groups is 2. The highest BCUT2D eigenvalue weighted by molar-refractivity contribution is 14.1. The largest absolute Gasteiger partial charge is 0.478 e. The molecule has 2 aromatic rings. The Kier molecular flexibility index (Phi) is 8.50. The highest BCUT2D eigenvalue weighted by Crippen LogP contribution is 2.18. The molecule has 0 spiro atoms. The number of ketones is 1. The molecule has 1 N–H and O–H groups in total. The summed E-state index contributed by atoms with van der Waals surface area (Å²) >= 11 is 10.8. The molecular formula is C15H10Br2I2O3. The number of rotatable bonds is 2. The summed E-state index contributed by atoms with van der Waals surface area (Å²) in [7, 11) is 0. The third-order valence-electron chi connectivity index (χ3n) is 2.38. The van der Waals surface area contributed by atoms with Gasteiger partial charge in [0.15, 0.2) is 5.78 Å². The molecule has 0 atom stereocenters. The Morgan fingerprint density at radius 2 is 1.27 bits per heavy atom. The Labute approximate surface area is 172 Å². The second kappa shape index (κ2) is 9.33. The van der Waals surface area contributed by atoms with Gasteiger partial charge in [-0.05, 0) is 88.5 Å². The first-order valence-electron chi connectivity index (χ1n) is 5.85. The van der Waals surface area contributed by atoms with Crippen molar-refractivity contribution in [2.75, 3.05) is 0 Å². The molecule has 0 amide bonds. The average Bonchev–Trinajstić information content (AvgIpc) is 2.37. The van der Waals surface area contributed by atoms with Gasteiger partial charge in [-0.25, -0.2) is 4.79 Å². The summed E-state index contributed by atoms with van der Waals surface area (Å²) in [6, 6.07) is 10.7. The molecule has 116 valence electrons. The van der Waals surface area contributed by atoms with Crippen molar-refractivity contribution < 1.29 is 14.7 Å². The molecule has 0 aliphatic rings. The highest BCUT2D eigenvalue weighted by Gasteiger charge is 2.03. The van der Waals surface area contributed by atoms with E-state index < -0.39 is 5.97 Å². The van der Waals surface area contributed by atoms with Crippen LogP contribution in [0.5, 0.6) is 0 Å². The highest BCUT2D eigenvalue weighted by atomic mass is 127. The van der Waals surface area contributed by atoms with Crippen LogP contribution in [0.3, 0.4) is 0 Å². The molecule has 2 aromatic carbocycles. The van der Waals surface area contributed by atoms with E-state index in [9.17, 15) is 9.59 Å². The van der Waals surface area contributed by atoms with Crippen molar-refractivity contribution in [1.82, 2.24) is 0 Å². The Bertz CT molecular complexity index is 616. The van der Waals surface area contributed by atoms with Gasteiger partial charge in [0.2, 0.25) is 0 Å². The summed E-state index contributed by atoms with van der Waals surface area (Å²) in [4.78, 5) is 21.4. The maximum absolute atomic E-state index is 10.9. The first-order chi connectivity index (χ1) is 10.2. The first kappa shape index (κ1) is 20.0. The van der Waals surface area contributed by atoms with Crippen LogP contribution in [0.15, 0.2) is 45.3 Å². The van der Waals surface area contributed by atoms with Crippen LogP contribution in [-0.4, -0.2) is 16.9 Å². The van der Waals surface area contributed by atoms with Gasteiger partial charge in [-0.15, -0.1) is 0 Å². The van der Waals surface area contributed by atoms with Gasteiger partial charge in [0.25, 0.3) is 0 Å². The number of Topliss-reactive ketones (excluding diaryl/α,β-unsaturated/α-hetero) is 1. The van der Waals surface area contributed by atoms with E-state index >= 15 is 0 Å².